The SMILES string of the molecule is COc1cccc(N(CCCC(N)=O)S(C)(=O)=O)c1. The summed E-state index contributed by atoms with van der Waals surface area (Å²) in [4.78, 5) is 10.7. The molecule has 0 aliphatic heterocycles. The summed E-state index contributed by atoms with van der Waals surface area (Å²) in [5, 5.41) is 0. The molecule has 0 radical (unpaired) electrons. The summed E-state index contributed by atoms with van der Waals surface area (Å²) in [5.74, 6) is 0.125. The van der Waals surface area contributed by atoms with Crippen molar-refractivity contribution < 1.29 is 17.9 Å². The van der Waals surface area contributed by atoms with Gasteiger partial charge in [-0.15, -0.1) is 0 Å². The molecule has 0 aliphatic rings. The predicted molar refractivity (Wildman–Crippen MR) is 73.6 cm³/mol. The van der Waals surface area contributed by atoms with E-state index >= 15 is 0 Å². The molecule has 0 saturated heterocycles. The van der Waals surface area contributed by atoms with E-state index in [1.165, 1.54) is 11.4 Å². The number of nitrogens with zero attached hydrogens (tertiary/aromatic N) is 1. The van der Waals surface area contributed by atoms with Crippen LogP contribution in [0.2, 0.25) is 0 Å². The van der Waals surface area contributed by atoms with Crippen molar-refractivity contribution in [2.45, 2.75) is 12.8 Å². The third-order valence-corrected chi connectivity index (χ3v) is 3.72. The van der Waals surface area contributed by atoms with Gasteiger partial charge >= 0.3 is 0 Å². The Bertz CT molecular complexity index is 542. The molecular formula is C12H18N2O4S. The monoisotopic (exact) mass is 286 g/mol. The number of anilines is 1. The van der Waals surface area contributed by atoms with Gasteiger partial charge in [0.1, 0.15) is 5.75 Å². The number of ether oxygens (including phenoxy) is 1. The number of methoxy groups -OCH3 is 1. The third kappa shape index (κ3) is 4.78. The Hall–Kier alpha value is -1.76. The van der Waals surface area contributed by atoms with Gasteiger partial charge in [0.15, 0.2) is 0 Å². The number of primary amides is 1. The van der Waals surface area contributed by atoms with Crippen LogP contribution in [-0.2, 0) is 14.8 Å². The number of sulfonamides is 1. The molecule has 0 aliphatic carbocycles. The van der Waals surface area contributed by atoms with E-state index < -0.39 is 15.9 Å². The number of rotatable bonds is 7. The smallest absolute Gasteiger partial charge is 0.232 e. The first-order chi connectivity index (χ1) is 8.84. The second-order valence-electron chi connectivity index (χ2n) is 4.11. The van der Waals surface area contributed by atoms with Crippen molar-refractivity contribution in [1.29, 1.82) is 0 Å². The van der Waals surface area contributed by atoms with Crippen LogP contribution in [0.1, 0.15) is 12.8 Å². The largest absolute Gasteiger partial charge is 0.497 e. The van der Waals surface area contributed by atoms with E-state index in [2.05, 4.69) is 0 Å². The quantitative estimate of drug-likeness (QED) is 0.800. The van der Waals surface area contributed by atoms with Crippen molar-refractivity contribution in [3.8, 4) is 5.75 Å². The molecule has 0 unspecified atom stereocenters. The number of benzene rings is 1. The summed E-state index contributed by atoms with van der Waals surface area (Å²) in [6.07, 6.45) is 1.65. The van der Waals surface area contributed by atoms with Gasteiger partial charge in [-0.1, -0.05) is 6.07 Å². The average molecular weight is 286 g/mol. The summed E-state index contributed by atoms with van der Waals surface area (Å²) in [5.41, 5.74) is 5.55. The summed E-state index contributed by atoms with van der Waals surface area (Å²) in [6, 6.07) is 6.74. The second-order valence-corrected chi connectivity index (χ2v) is 6.01. The Morgan fingerprint density at radius 3 is 2.63 bits per heavy atom. The van der Waals surface area contributed by atoms with Gasteiger partial charge in [-0.2, -0.15) is 0 Å². The Labute approximate surface area is 113 Å². The summed E-state index contributed by atoms with van der Waals surface area (Å²) in [6.45, 7) is 0.203. The van der Waals surface area contributed by atoms with Crippen LogP contribution >= 0.6 is 0 Å². The highest BCUT2D eigenvalue weighted by Crippen LogP contribution is 2.23. The molecule has 0 heterocycles. The van der Waals surface area contributed by atoms with Gasteiger partial charge in [0.2, 0.25) is 15.9 Å². The molecule has 0 fully saturated rings. The minimum Gasteiger partial charge on any atom is -0.497 e. The highest BCUT2D eigenvalue weighted by atomic mass is 32.2. The zero-order valence-corrected chi connectivity index (χ0v) is 11.8. The number of nitrogens with two attached hydrogens (primary N) is 1. The van der Waals surface area contributed by atoms with Crippen LogP contribution in [0, 0.1) is 0 Å². The maximum absolute atomic E-state index is 11.8. The van der Waals surface area contributed by atoms with Gasteiger partial charge in [0, 0.05) is 19.0 Å². The number of carbonyl (C=O) groups excluding carboxylic acids is 1. The fourth-order valence-electron chi connectivity index (χ4n) is 1.65. The van der Waals surface area contributed by atoms with E-state index in [1.807, 2.05) is 0 Å². The fraction of sp³-hybridized carbons (Fsp3) is 0.417. The van der Waals surface area contributed by atoms with Crippen LogP contribution in [0.4, 0.5) is 5.69 Å². The molecule has 0 aromatic heterocycles. The maximum atomic E-state index is 11.8. The molecule has 7 heteroatoms. The lowest BCUT2D eigenvalue weighted by Crippen LogP contribution is -2.31. The molecular weight excluding hydrogens is 268 g/mol. The van der Waals surface area contributed by atoms with Crippen molar-refractivity contribution in [2.24, 2.45) is 5.73 Å². The molecule has 1 rings (SSSR count). The van der Waals surface area contributed by atoms with Crippen LogP contribution in [0.15, 0.2) is 24.3 Å². The lowest BCUT2D eigenvalue weighted by Gasteiger charge is -2.22. The van der Waals surface area contributed by atoms with E-state index in [0.717, 1.165) is 6.26 Å². The van der Waals surface area contributed by atoms with E-state index in [0.29, 0.717) is 17.9 Å². The van der Waals surface area contributed by atoms with E-state index in [-0.39, 0.29) is 13.0 Å². The molecule has 6 nitrogen and oxygen atoms in total. The molecule has 1 aromatic rings. The Balaban J connectivity index is 2.93. The molecule has 106 valence electrons. The van der Waals surface area contributed by atoms with Gasteiger partial charge in [0.05, 0.1) is 19.1 Å². The highest BCUT2D eigenvalue weighted by Gasteiger charge is 2.17. The van der Waals surface area contributed by atoms with Gasteiger partial charge in [-0.25, -0.2) is 8.42 Å². The summed E-state index contributed by atoms with van der Waals surface area (Å²) >= 11 is 0. The number of amides is 1. The Kier molecular flexibility index (Phi) is 5.17. The first-order valence-electron chi connectivity index (χ1n) is 5.74. The van der Waals surface area contributed by atoms with Crippen molar-refractivity contribution in [3.63, 3.8) is 0 Å². The average Bonchev–Trinajstić information content (AvgIpc) is 2.33. The van der Waals surface area contributed by atoms with E-state index in [1.54, 1.807) is 24.3 Å². The molecule has 1 amide bonds. The molecule has 0 bridgehead atoms. The van der Waals surface area contributed by atoms with E-state index in [9.17, 15) is 13.2 Å². The zero-order chi connectivity index (χ0) is 14.5. The lowest BCUT2D eigenvalue weighted by atomic mass is 10.2. The molecule has 0 spiro atoms. The number of hydrogen-bond acceptors (Lipinski definition) is 4. The third-order valence-electron chi connectivity index (χ3n) is 2.53. The normalized spacial score (nSPS) is 11.1. The van der Waals surface area contributed by atoms with Crippen LogP contribution in [0.5, 0.6) is 5.75 Å². The fourth-order valence-corrected chi connectivity index (χ4v) is 2.61. The second kappa shape index (κ2) is 6.42. The molecule has 19 heavy (non-hydrogen) atoms. The molecule has 0 atom stereocenters. The van der Waals surface area contributed by atoms with Crippen molar-refractivity contribution in [1.82, 2.24) is 0 Å². The van der Waals surface area contributed by atoms with Crippen molar-refractivity contribution in [3.05, 3.63) is 24.3 Å². The van der Waals surface area contributed by atoms with Crippen molar-refractivity contribution >= 4 is 21.6 Å². The standard InChI is InChI=1S/C12H18N2O4S/c1-18-11-6-3-5-10(9-11)14(19(2,16)17)8-4-7-12(13)15/h3,5-6,9H,4,7-8H2,1-2H3,(H2,13,15). The minimum atomic E-state index is -3.42. The molecule has 1 aromatic carbocycles. The summed E-state index contributed by atoms with van der Waals surface area (Å²) in [7, 11) is -1.90. The van der Waals surface area contributed by atoms with Crippen LogP contribution in [-0.4, -0.2) is 34.2 Å². The minimum absolute atomic E-state index is 0.149. The Morgan fingerprint density at radius 2 is 2.11 bits per heavy atom. The molecule has 2 N–H and O–H groups in total. The van der Waals surface area contributed by atoms with Crippen molar-refractivity contribution in [2.75, 3.05) is 24.2 Å². The first kappa shape index (κ1) is 15.3. The predicted octanol–water partition coefficient (Wildman–Crippen LogP) is 0.727. The molecule has 0 saturated carbocycles. The lowest BCUT2D eigenvalue weighted by molar-refractivity contribution is -0.118. The van der Waals surface area contributed by atoms with E-state index in [4.69, 9.17) is 10.5 Å². The topological polar surface area (TPSA) is 89.7 Å². The van der Waals surface area contributed by atoms with Gasteiger partial charge in [0.25, 0.3) is 0 Å². The zero-order valence-electron chi connectivity index (χ0n) is 11.0. The van der Waals surface area contributed by atoms with Gasteiger partial charge in [-0.3, -0.25) is 9.10 Å². The van der Waals surface area contributed by atoms with Crippen LogP contribution in [0.3, 0.4) is 0 Å². The number of carbonyl (C=O) groups is 1. The van der Waals surface area contributed by atoms with Crippen LogP contribution < -0.4 is 14.8 Å². The Morgan fingerprint density at radius 1 is 1.42 bits per heavy atom. The highest BCUT2D eigenvalue weighted by molar-refractivity contribution is 7.92. The maximum Gasteiger partial charge on any atom is 0.232 e. The first-order valence-corrected chi connectivity index (χ1v) is 7.59. The summed E-state index contributed by atoms with van der Waals surface area (Å²) < 4.78 is 29.9. The van der Waals surface area contributed by atoms with Gasteiger partial charge in [-0.05, 0) is 18.6 Å². The number of hydrogen-bond donors (Lipinski definition) is 1. The van der Waals surface area contributed by atoms with Gasteiger partial charge < -0.3 is 10.5 Å². The van der Waals surface area contributed by atoms with Crippen LogP contribution in [0.25, 0.3) is 0 Å².